The fourth-order valence-electron chi connectivity index (χ4n) is 4.71. The van der Waals surface area contributed by atoms with Gasteiger partial charge in [-0.05, 0) is 100 Å². The molecule has 0 aliphatic carbocycles. The molecule has 0 fully saturated rings. The average molecular weight is 708 g/mol. The maximum Gasteiger partial charge on any atom is 0.488 e. The van der Waals surface area contributed by atoms with Gasteiger partial charge in [-0.1, -0.05) is 123 Å². The first-order chi connectivity index (χ1) is 20.9. The predicted molar refractivity (Wildman–Crippen MR) is 198 cm³/mol. The van der Waals surface area contributed by atoms with Crippen molar-refractivity contribution < 1.29 is 10.0 Å². The normalized spacial score (nSPS) is 10.2. The third-order valence-electron chi connectivity index (χ3n) is 6.92. The summed E-state index contributed by atoms with van der Waals surface area (Å²) in [6.45, 7) is 0. The number of hydrogen-bond donors (Lipinski definition) is 4. The van der Waals surface area contributed by atoms with E-state index in [9.17, 15) is 0 Å². The number of anilines is 1. The molecule has 1 heterocycles. The van der Waals surface area contributed by atoms with Crippen LogP contribution in [0.25, 0.3) is 49.8 Å². The summed E-state index contributed by atoms with van der Waals surface area (Å²) in [5, 5.41) is 23.8. The molecule has 0 saturated carbocycles. The molecule has 6 aromatic carbocycles. The number of nitrogens with one attached hydrogen (secondary N) is 1. The summed E-state index contributed by atoms with van der Waals surface area (Å²) >= 11 is 6.53. The van der Waals surface area contributed by atoms with Gasteiger partial charge < -0.3 is 20.8 Å². The monoisotopic (exact) mass is 706 g/mol. The van der Waals surface area contributed by atoms with Gasteiger partial charge >= 0.3 is 7.12 Å². The Labute approximate surface area is 275 Å². The second-order valence-electron chi connectivity index (χ2n) is 9.88. The molecule has 0 aliphatic heterocycles. The Kier molecular flexibility index (Phi) is 11.6. The number of nitrogen functional groups attached to an aromatic ring is 1. The number of para-hydroxylation sites is 2. The third-order valence-corrected chi connectivity index (χ3v) is 7.38. The molecule has 0 spiro atoms. The number of aromatic amines is 1. The summed E-state index contributed by atoms with van der Waals surface area (Å²) in [5.41, 5.74) is 11.6. The molecule has 1 aromatic heterocycles. The molecular weight excluding hydrogens is 675 g/mol. The SMILES string of the molecule is C.Nc1ccccc1C=C(Br)Br.OB(O)c1ccc2ccccc2c1.c1ccc2cc(-c3cc4ccccc4[nH]3)ccc2c1. The minimum atomic E-state index is -1.38. The van der Waals surface area contributed by atoms with E-state index in [4.69, 9.17) is 15.8 Å². The Bertz CT molecular complexity index is 1980. The number of hydrogen-bond acceptors (Lipinski definition) is 3. The highest BCUT2D eigenvalue weighted by atomic mass is 79.9. The van der Waals surface area contributed by atoms with Crippen LogP contribution in [0.15, 0.2) is 143 Å². The molecule has 4 nitrogen and oxygen atoms in total. The summed E-state index contributed by atoms with van der Waals surface area (Å²) in [6.07, 6.45) is 1.91. The second-order valence-corrected chi connectivity index (χ2v) is 12.6. The summed E-state index contributed by atoms with van der Waals surface area (Å²) < 4.78 is 0.892. The van der Waals surface area contributed by atoms with E-state index < -0.39 is 7.12 Å². The molecule has 0 aliphatic rings. The van der Waals surface area contributed by atoms with Crippen LogP contribution in [0.5, 0.6) is 0 Å². The Hall–Kier alpha value is -4.14. The van der Waals surface area contributed by atoms with Gasteiger partial charge in [-0.15, -0.1) is 0 Å². The zero-order valence-electron chi connectivity index (χ0n) is 23.2. The third kappa shape index (κ3) is 8.49. The van der Waals surface area contributed by atoms with E-state index in [0.717, 1.165) is 25.4 Å². The fourth-order valence-corrected chi connectivity index (χ4v) is 5.21. The first kappa shape index (κ1) is 32.8. The lowest BCUT2D eigenvalue weighted by molar-refractivity contribution is 0.426. The maximum atomic E-state index is 8.94. The van der Waals surface area contributed by atoms with Crippen molar-refractivity contribution in [3.8, 4) is 11.3 Å². The lowest BCUT2D eigenvalue weighted by atomic mass is 9.79. The molecule has 0 saturated heterocycles. The zero-order chi connectivity index (χ0) is 30.2. The summed E-state index contributed by atoms with van der Waals surface area (Å²) in [6, 6.07) is 46.5. The Morgan fingerprint density at radius 3 is 1.77 bits per heavy atom. The number of benzene rings is 6. The van der Waals surface area contributed by atoms with Crippen LogP contribution in [0.2, 0.25) is 0 Å². The van der Waals surface area contributed by atoms with Crippen molar-refractivity contribution in [3.63, 3.8) is 0 Å². The number of rotatable bonds is 3. The van der Waals surface area contributed by atoms with Crippen molar-refractivity contribution >= 4 is 88.7 Å². The van der Waals surface area contributed by atoms with Gasteiger partial charge in [0.05, 0.1) is 3.39 Å². The number of fused-ring (bicyclic) bond motifs is 3. The van der Waals surface area contributed by atoms with Crippen molar-refractivity contribution in [3.05, 3.63) is 148 Å². The molecule has 0 atom stereocenters. The highest BCUT2D eigenvalue weighted by molar-refractivity contribution is 9.28. The molecule has 7 rings (SSSR count). The van der Waals surface area contributed by atoms with E-state index >= 15 is 0 Å². The van der Waals surface area contributed by atoms with Crippen LogP contribution in [0.3, 0.4) is 0 Å². The topological polar surface area (TPSA) is 82.3 Å². The first-order valence-electron chi connectivity index (χ1n) is 13.7. The minimum absolute atomic E-state index is 0. The zero-order valence-corrected chi connectivity index (χ0v) is 26.3. The number of H-pyrrole nitrogens is 1. The van der Waals surface area contributed by atoms with Gasteiger partial charge in [0.15, 0.2) is 0 Å². The molecule has 0 radical (unpaired) electrons. The molecule has 220 valence electrons. The smallest absolute Gasteiger partial charge is 0.423 e. The van der Waals surface area contributed by atoms with Crippen LogP contribution in [0.1, 0.15) is 13.0 Å². The van der Waals surface area contributed by atoms with E-state index in [1.54, 1.807) is 12.1 Å². The van der Waals surface area contributed by atoms with Crippen molar-refractivity contribution in [1.82, 2.24) is 4.98 Å². The van der Waals surface area contributed by atoms with E-state index in [1.165, 1.54) is 32.9 Å². The van der Waals surface area contributed by atoms with Gasteiger partial charge in [-0.2, -0.15) is 0 Å². The molecule has 5 N–H and O–H groups in total. The molecule has 0 bridgehead atoms. The van der Waals surface area contributed by atoms with Crippen molar-refractivity contribution in [1.29, 1.82) is 0 Å². The van der Waals surface area contributed by atoms with Crippen molar-refractivity contribution in [2.75, 3.05) is 5.73 Å². The Balaban J connectivity index is 0.000000157. The van der Waals surface area contributed by atoms with Gasteiger partial charge in [-0.3, -0.25) is 0 Å². The summed E-state index contributed by atoms with van der Waals surface area (Å²) in [7, 11) is -1.38. The van der Waals surface area contributed by atoms with Gasteiger partial charge in [0, 0.05) is 22.3 Å². The van der Waals surface area contributed by atoms with Gasteiger partial charge in [0.2, 0.25) is 0 Å². The van der Waals surface area contributed by atoms with Crippen LogP contribution >= 0.6 is 31.9 Å². The lowest BCUT2D eigenvalue weighted by Gasteiger charge is -2.01. The maximum absolute atomic E-state index is 8.94. The number of halogens is 2. The Morgan fingerprint density at radius 2 is 1.16 bits per heavy atom. The van der Waals surface area contributed by atoms with Crippen LogP contribution in [0, 0.1) is 0 Å². The van der Waals surface area contributed by atoms with E-state index in [2.05, 4.69) is 110 Å². The van der Waals surface area contributed by atoms with Gasteiger partial charge in [0.25, 0.3) is 0 Å². The first-order valence-corrected chi connectivity index (χ1v) is 15.2. The van der Waals surface area contributed by atoms with Crippen LogP contribution in [-0.4, -0.2) is 22.2 Å². The van der Waals surface area contributed by atoms with E-state index in [-0.39, 0.29) is 7.43 Å². The molecule has 7 aromatic rings. The molecule has 7 heteroatoms. The Morgan fingerprint density at radius 1 is 0.614 bits per heavy atom. The molecule has 0 amide bonds. The second kappa shape index (κ2) is 15.5. The van der Waals surface area contributed by atoms with Crippen LogP contribution < -0.4 is 11.2 Å². The average Bonchev–Trinajstić information content (AvgIpc) is 3.47. The highest BCUT2D eigenvalue weighted by Gasteiger charge is 2.10. The minimum Gasteiger partial charge on any atom is -0.423 e. The lowest BCUT2D eigenvalue weighted by Crippen LogP contribution is -2.29. The van der Waals surface area contributed by atoms with Crippen molar-refractivity contribution in [2.24, 2.45) is 0 Å². The van der Waals surface area contributed by atoms with Crippen molar-refractivity contribution in [2.45, 2.75) is 7.43 Å². The standard InChI is InChI=1S/C18H13N.C10H9BO2.C8H7Br2N.CH4/c1-2-6-14-11-16(10-9-13(14)5-1)18-12-15-7-3-4-8-17(15)19-18;12-11(13)10-6-5-8-3-1-2-4-9(8)7-10;9-8(10)5-6-3-1-2-4-7(6)11;/h1-12,19H;1-7,12-13H;1-5H,11H2;1H4. The molecule has 0 unspecified atom stereocenters. The summed E-state index contributed by atoms with van der Waals surface area (Å²) in [4.78, 5) is 3.48. The largest absolute Gasteiger partial charge is 0.488 e. The quantitative estimate of drug-likeness (QED) is 0.109. The fraction of sp³-hybridized carbons (Fsp3) is 0.0270. The number of aromatic nitrogens is 1. The summed E-state index contributed by atoms with van der Waals surface area (Å²) in [5.74, 6) is 0. The van der Waals surface area contributed by atoms with E-state index in [0.29, 0.717) is 5.46 Å². The van der Waals surface area contributed by atoms with Crippen LogP contribution in [-0.2, 0) is 0 Å². The molecular formula is C37H33BBr2N2O2. The van der Waals surface area contributed by atoms with E-state index in [1.807, 2.05) is 60.7 Å². The highest BCUT2D eigenvalue weighted by Crippen LogP contribution is 2.27. The van der Waals surface area contributed by atoms with Gasteiger partial charge in [0.1, 0.15) is 0 Å². The predicted octanol–water partition coefficient (Wildman–Crippen LogP) is 9.50. The number of nitrogens with two attached hydrogens (primary N) is 1. The van der Waals surface area contributed by atoms with Gasteiger partial charge in [-0.25, -0.2) is 0 Å². The molecule has 44 heavy (non-hydrogen) atoms. The van der Waals surface area contributed by atoms with Crippen LogP contribution in [0.4, 0.5) is 5.69 Å².